The summed E-state index contributed by atoms with van der Waals surface area (Å²) in [6, 6.07) is 0.355. The Morgan fingerprint density at radius 2 is 1.94 bits per heavy atom. The maximum Gasteiger partial charge on any atom is 0.316 e. The van der Waals surface area contributed by atoms with E-state index in [1.54, 1.807) is 6.92 Å². The smallest absolute Gasteiger partial charge is 0.316 e. The van der Waals surface area contributed by atoms with Gasteiger partial charge in [0.25, 0.3) is 5.91 Å². The summed E-state index contributed by atoms with van der Waals surface area (Å²) in [7, 11) is 0. The van der Waals surface area contributed by atoms with Crippen molar-refractivity contribution >= 4 is 35.4 Å². The molecule has 1 aromatic rings. The van der Waals surface area contributed by atoms with Gasteiger partial charge in [0.05, 0.1) is 18.2 Å². The van der Waals surface area contributed by atoms with Crippen LogP contribution in [0, 0.1) is 6.54 Å². The molecule has 9 N–H and O–H groups in total. The lowest BCUT2D eigenvalue weighted by Crippen LogP contribution is -2.54. The van der Waals surface area contributed by atoms with Crippen LogP contribution in [0.2, 0.25) is 0 Å². The molecule has 0 saturated carbocycles. The largest absolute Gasteiger partial charge is 0.491 e. The fourth-order valence-corrected chi connectivity index (χ4v) is 2.78. The number of benzene rings is 1. The Balaban J connectivity index is 2.29. The maximum atomic E-state index is 12.7. The second kappa shape index (κ2) is 10.9. The molecule has 3 unspecified atom stereocenters. The average Bonchev–Trinajstić information content (AvgIpc) is 2.72. The van der Waals surface area contributed by atoms with Crippen LogP contribution in [-0.4, -0.2) is 59.6 Å². The molecular formula is C19H25N6O7. The van der Waals surface area contributed by atoms with E-state index in [9.17, 15) is 24.0 Å². The number of ether oxygens (including phenoxy) is 1. The summed E-state index contributed by atoms with van der Waals surface area (Å²) < 4.78 is 5.66. The minimum absolute atomic E-state index is 0.0232. The fourth-order valence-electron chi connectivity index (χ4n) is 2.78. The molecule has 32 heavy (non-hydrogen) atoms. The molecule has 1 aromatic carbocycles. The number of nitrogens with one attached hydrogen (secondary N) is 4. The first kappa shape index (κ1) is 24.4. The van der Waals surface area contributed by atoms with Gasteiger partial charge in [0, 0.05) is 12.1 Å². The van der Waals surface area contributed by atoms with E-state index in [2.05, 4.69) is 21.3 Å². The van der Waals surface area contributed by atoms with Crippen molar-refractivity contribution in [3.63, 3.8) is 0 Å². The van der Waals surface area contributed by atoms with Crippen LogP contribution in [0.5, 0.6) is 5.75 Å². The Bertz CT molecular complexity index is 906. The molecule has 1 aliphatic rings. The zero-order chi connectivity index (χ0) is 23.8. The summed E-state index contributed by atoms with van der Waals surface area (Å²) in [5.74, 6) is -3.06. The molecule has 0 fully saturated rings. The molecule has 0 saturated heterocycles. The Kier molecular flexibility index (Phi) is 8.35. The van der Waals surface area contributed by atoms with Crippen molar-refractivity contribution in [1.29, 1.82) is 0 Å². The molecule has 1 radical (unpaired) electrons. The first-order chi connectivity index (χ1) is 15.1. The van der Waals surface area contributed by atoms with E-state index in [1.807, 2.05) is 0 Å². The van der Waals surface area contributed by atoms with Crippen LogP contribution in [0.3, 0.4) is 0 Å². The maximum absolute atomic E-state index is 12.7. The lowest BCUT2D eigenvalue weighted by Gasteiger charge is -2.24. The molecule has 1 heterocycles. The van der Waals surface area contributed by atoms with E-state index in [-0.39, 0.29) is 36.4 Å². The Morgan fingerprint density at radius 3 is 2.59 bits per heavy atom. The minimum Gasteiger partial charge on any atom is -0.491 e. The number of aliphatic carboxylic acids is 1. The SMILES string of the molecule is CC1COc2ccc(NC(N)=O)cc2C(=O)N[CH]C(N)C(=O)NC(CCC(=O)O)C(=O)N1. The first-order valence-electron chi connectivity index (χ1n) is 9.62. The van der Waals surface area contributed by atoms with Gasteiger partial charge in [-0.25, -0.2) is 4.79 Å². The van der Waals surface area contributed by atoms with Gasteiger partial charge in [0.15, 0.2) is 0 Å². The summed E-state index contributed by atoms with van der Waals surface area (Å²) in [4.78, 5) is 59.6. The third kappa shape index (κ3) is 7.12. The number of carbonyl (C=O) groups is 5. The van der Waals surface area contributed by atoms with Crippen molar-refractivity contribution in [2.45, 2.75) is 37.9 Å². The summed E-state index contributed by atoms with van der Waals surface area (Å²) in [5.41, 5.74) is 11.1. The highest BCUT2D eigenvalue weighted by Crippen LogP contribution is 2.23. The van der Waals surface area contributed by atoms with Crippen LogP contribution in [0.15, 0.2) is 18.2 Å². The number of amides is 5. The number of hydrogen-bond donors (Lipinski definition) is 7. The average molecular weight is 449 g/mol. The molecule has 5 amide bonds. The van der Waals surface area contributed by atoms with Crippen LogP contribution >= 0.6 is 0 Å². The molecule has 0 spiro atoms. The van der Waals surface area contributed by atoms with E-state index < -0.39 is 47.8 Å². The third-order valence-corrected chi connectivity index (χ3v) is 4.35. The van der Waals surface area contributed by atoms with Gasteiger partial charge in [-0.15, -0.1) is 0 Å². The molecule has 2 rings (SSSR count). The Labute approximate surface area is 183 Å². The first-order valence-corrected chi connectivity index (χ1v) is 9.62. The monoisotopic (exact) mass is 449 g/mol. The normalized spacial score (nSPS) is 22.2. The number of urea groups is 1. The van der Waals surface area contributed by atoms with Crippen LogP contribution in [0.25, 0.3) is 0 Å². The van der Waals surface area contributed by atoms with Gasteiger partial charge in [0.2, 0.25) is 11.8 Å². The van der Waals surface area contributed by atoms with Gasteiger partial charge in [-0.3, -0.25) is 19.2 Å². The van der Waals surface area contributed by atoms with E-state index >= 15 is 0 Å². The van der Waals surface area contributed by atoms with Crippen molar-refractivity contribution in [2.75, 3.05) is 11.9 Å². The number of rotatable bonds is 4. The molecule has 13 heteroatoms. The molecule has 1 aliphatic heterocycles. The van der Waals surface area contributed by atoms with Crippen molar-refractivity contribution in [1.82, 2.24) is 16.0 Å². The van der Waals surface area contributed by atoms with Crippen molar-refractivity contribution < 1.29 is 33.8 Å². The molecule has 3 atom stereocenters. The van der Waals surface area contributed by atoms with E-state index in [4.69, 9.17) is 21.3 Å². The molecule has 0 aliphatic carbocycles. The number of carbonyl (C=O) groups excluding carboxylic acids is 4. The van der Waals surface area contributed by atoms with Crippen molar-refractivity contribution in [3.05, 3.63) is 30.3 Å². The molecular weight excluding hydrogens is 424 g/mol. The summed E-state index contributed by atoms with van der Waals surface area (Å²) in [6.07, 6.45) is -0.508. The highest BCUT2D eigenvalue weighted by Gasteiger charge is 2.27. The van der Waals surface area contributed by atoms with Crippen LogP contribution in [0.4, 0.5) is 10.5 Å². The standard InChI is InChI=1S/C19H25N6O7/c1-9-8-32-14-4-2-10(24-19(21)31)6-11(14)16(28)22-7-12(20)17(29)25-13(18(30)23-9)3-5-15(26)27/h2,4,6-7,9,12-13H,3,5,8,20H2,1H3,(H,22,28)(H,23,30)(H,25,29)(H,26,27)(H3,21,24,31). The topological polar surface area (TPSA) is 215 Å². The van der Waals surface area contributed by atoms with E-state index in [0.29, 0.717) is 0 Å². The number of carboxylic acids is 1. The number of primary amides is 1. The summed E-state index contributed by atoms with van der Waals surface area (Å²) >= 11 is 0. The van der Waals surface area contributed by atoms with E-state index in [0.717, 1.165) is 6.54 Å². The Hall–Kier alpha value is -3.87. The van der Waals surface area contributed by atoms with Gasteiger partial charge < -0.3 is 42.6 Å². The van der Waals surface area contributed by atoms with E-state index in [1.165, 1.54) is 18.2 Å². The lowest BCUT2D eigenvalue weighted by molar-refractivity contribution is -0.138. The van der Waals surface area contributed by atoms with Gasteiger partial charge >= 0.3 is 12.0 Å². The second-order valence-electron chi connectivity index (χ2n) is 7.08. The highest BCUT2D eigenvalue weighted by molar-refractivity contribution is 6.00. The molecule has 0 bridgehead atoms. The lowest BCUT2D eigenvalue weighted by atomic mass is 10.1. The molecule has 173 valence electrons. The summed E-state index contributed by atoms with van der Waals surface area (Å²) in [5, 5.41) is 18.6. The van der Waals surface area contributed by atoms with Gasteiger partial charge in [-0.2, -0.15) is 0 Å². The predicted molar refractivity (Wildman–Crippen MR) is 111 cm³/mol. The number of nitrogens with two attached hydrogens (primary N) is 2. The zero-order valence-corrected chi connectivity index (χ0v) is 17.2. The minimum atomic E-state index is -1.34. The van der Waals surface area contributed by atoms with Gasteiger partial charge in [-0.05, 0) is 31.5 Å². The van der Waals surface area contributed by atoms with Gasteiger partial charge in [0.1, 0.15) is 24.4 Å². The van der Waals surface area contributed by atoms with Crippen LogP contribution < -0.4 is 37.5 Å². The zero-order valence-electron chi connectivity index (χ0n) is 17.2. The fraction of sp³-hybridized carbons (Fsp3) is 0.368. The Morgan fingerprint density at radius 1 is 1.22 bits per heavy atom. The molecule has 0 aromatic heterocycles. The third-order valence-electron chi connectivity index (χ3n) is 4.35. The molecule has 13 nitrogen and oxygen atoms in total. The second-order valence-corrected chi connectivity index (χ2v) is 7.08. The number of hydrogen-bond acceptors (Lipinski definition) is 7. The summed E-state index contributed by atoms with van der Waals surface area (Å²) in [6.45, 7) is 2.59. The number of fused-ring (bicyclic) bond motifs is 1. The van der Waals surface area contributed by atoms with Crippen LogP contribution in [-0.2, 0) is 14.4 Å². The quantitative estimate of drug-likeness (QED) is 0.291. The van der Waals surface area contributed by atoms with Gasteiger partial charge in [-0.1, -0.05) is 0 Å². The van der Waals surface area contributed by atoms with Crippen molar-refractivity contribution in [3.8, 4) is 5.75 Å². The predicted octanol–water partition coefficient (Wildman–Crippen LogP) is -1.36. The van der Waals surface area contributed by atoms with Crippen LogP contribution in [0.1, 0.15) is 30.1 Å². The number of anilines is 1. The number of carboxylic acid groups (broad SMARTS) is 1. The van der Waals surface area contributed by atoms with Crippen molar-refractivity contribution in [2.24, 2.45) is 11.5 Å². The highest BCUT2D eigenvalue weighted by atomic mass is 16.5.